The highest BCUT2D eigenvalue weighted by molar-refractivity contribution is 5.75. The molecule has 1 rings (SSSR count). The first kappa shape index (κ1) is 14.5. The van der Waals surface area contributed by atoms with E-state index in [1.54, 1.807) is 0 Å². The molecule has 0 radical (unpaired) electrons. The van der Waals surface area contributed by atoms with E-state index in [4.69, 9.17) is 0 Å². The molecule has 0 aromatic carbocycles. The molecule has 0 aliphatic heterocycles. The molecule has 2 N–H and O–H groups in total. The molecule has 0 aromatic heterocycles. The molecule has 4 heteroatoms. The van der Waals surface area contributed by atoms with Gasteiger partial charge >= 0.3 is 0 Å². The summed E-state index contributed by atoms with van der Waals surface area (Å²) in [6.07, 6.45) is 6.52. The van der Waals surface area contributed by atoms with E-state index in [0.717, 1.165) is 19.5 Å². The van der Waals surface area contributed by atoms with Gasteiger partial charge in [-0.1, -0.05) is 12.8 Å². The van der Waals surface area contributed by atoms with E-state index in [0.29, 0.717) is 6.42 Å². The van der Waals surface area contributed by atoms with Crippen LogP contribution in [0.5, 0.6) is 0 Å². The molecule has 4 nitrogen and oxygen atoms in total. The summed E-state index contributed by atoms with van der Waals surface area (Å²) in [7, 11) is 6.16. The van der Waals surface area contributed by atoms with Crippen molar-refractivity contribution in [2.45, 2.75) is 44.1 Å². The first-order chi connectivity index (χ1) is 8.10. The molecular formula is C13H27N3O. The average Bonchev–Trinajstić information content (AvgIpc) is 2.77. The maximum absolute atomic E-state index is 11.7. The number of hydrogen-bond acceptors (Lipinski definition) is 3. The Bertz CT molecular complexity index is 235. The number of carbonyl (C=O) groups excluding carboxylic acids is 1. The molecule has 0 unspecified atom stereocenters. The van der Waals surface area contributed by atoms with Gasteiger partial charge in [0.15, 0.2) is 0 Å². The molecule has 0 aromatic rings. The van der Waals surface area contributed by atoms with Gasteiger partial charge in [-0.05, 0) is 47.0 Å². The van der Waals surface area contributed by atoms with E-state index < -0.39 is 0 Å². The molecule has 100 valence electrons. The van der Waals surface area contributed by atoms with E-state index in [1.807, 2.05) is 7.05 Å². The lowest BCUT2D eigenvalue weighted by atomic mass is 9.96. The van der Waals surface area contributed by atoms with Crippen molar-refractivity contribution in [3.8, 4) is 0 Å². The second kappa shape index (κ2) is 6.97. The van der Waals surface area contributed by atoms with Crippen LogP contribution in [0.25, 0.3) is 0 Å². The van der Waals surface area contributed by atoms with E-state index in [-0.39, 0.29) is 11.4 Å². The molecule has 1 fully saturated rings. The minimum absolute atomic E-state index is 0.188. The zero-order valence-corrected chi connectivity index (χ0v) is 11.5. The molecule has 0 spiro atoms. The summed E-state index contributed by atoms with van der Waals surface area (Å²) in [4.78, 5) is 14.0. The first-order valence-electron chi connectivity index (χ1n) is 6.69. The predicted octanol–water partition coefficient (Wildman–Crippen LogP) is 0.977. The summed E-state index contributed by atoms with van der Waals surface area (Å²) in [5.74, 6) is 0.188. The van der Waals surface area contributed by atoms with Gasteiger partial charge in [-0.3, -0.25) is 4.79 Å². The Morgan fingerprint density at radius 1 is 1.29 bits per heavy atom. The van der Waals surface area contributed by atoms with Crippen molar-refractivity contribution in [3.63, 3.8) is 0 Å². The number of nitrogens with one attached hydrogen (secondary N) is 2. The van der Waals surface area contributed by atoms with Crippen molar-refractivity contribution in [1.29, 1.82) is 0 Å². The Kier molecular flexibility index (Phi) is 5.92. The van der Waals surface area contributed by atoms with Gasteiger partial charge in [0.1, 0.15) is 0 Å². The van der Waals surface area contributed by atoms with Crippen LogP contribution >= 0.6 is 0 Å². The highest BCUT2D eigenvalue weighted by atomic mass is 16.1. The Morgan fingerprint density at radius 2 is 1.94 bits per heavy atom. The van der Waals surface area contributed by atoms with Crippen LogP contribution in [0.3, 0.4) is 0 Å². The number of amides is 1. The summed E-state index contributed by atoms with van der Waals surface area (Å²) in [6.45, 7) is 1.71. The maximum Gasteiger partial charge on any atom is 0.220 e. The van der Waals surface area contributed by atoms with Crippen LogP contribution in [0.2, 0.25) is 0 Å². The number of hydrogen-bond donors (Lipinski definition) is 2. The van der Waals surface area contributed by atoms with Crippen molar-refractivity contribution in [1.82, 2.24) is 15.5 Å². The SMILES string of the molecule is CNCCCC(=O)NCC1(N(C)C)CCCC1. The van der Waals surface area contributed by atoms with Crippen LogP contribution in [0.4, 0.5) is 0 Å². The van der Waals surface area contributed by atoms with E-state index in [9.17, 15) is 4.79 Å². The average molecular weight is 241 g/mol. The van der Waals surface area contributed by atoms with Crippen molar-refractivity contribution < 1.29 is 4.79 Å². The van der Waals surface area contributed by atoms with Gasteiger partial charge in [0.25, 0.3) is 0 Å². The third-order valence-corrected chi connectivity index (χ3v) is 3.93. The fourth-order valence-electron chi connectivity index (χ4n) is 2.59. The molecule has 0 atom stereocenters. The van der Waals surface area contributed by atoms with Crippen LogP contribution in [-0.4, -0.2) is 50.6 Å². The topological polar surface area (TPSA) is 44.4 Å². The van der Waals surface area contributed by atoms with Gasteiger partial charge in [0.2, 0.25) is 5.91 Å². The third-order valence-electron chi connectivity index (χ3n) is 3.93. The van der Waals surface area contributed by atoms with Crippen LogP contribution < -0.4 is 10.6 Å². The molecule has 1 saturated carbocycles. The summed E-state index contributed by atoms with van der Waals surface area (Å²) in [6, 6.07) is 0. The Hall–Kier alpha value is -0.610. The van der Waals surface area contributed by atoms with Gasteiger partial charge in [-0.25, -0.2) is 0 Å². The normalized spacial score (nSPS) is 18.6. The number of nitrogens with zero attached hydrogens (tertiary/aromatic N) is 1. The summed E-state index contributed by atoms with van der Waals surface area (Å²) < 4.78 is 0. The lowest BCUT2D eigenvalue weighted by molar-refractivity contribution is -0.121. The molecule has 1 amide bonds. The van der Waals surface area contributed by atoms with Crippen LogP contribution in [-0.2, 0) is 4.79 Å². The Labute approximate surface area is 105 Å². The third kappa shape index (κ3) is 4.28. The first-order valence-corrected chi connectivity index (χ1v) is 6.69. The molecule has 1 aliphatic rings. The second-order valence-electron chi connectivity index (χ2n) is 5.31. The number of carbonyl (C=O) groups is 1. The fraction of sp³-hybridized carbons (Fsp3) is 0.923. The Balaban J connectivity index is 2.30. The van der Waals surface area contributed by atoms with Gasteiger partial charge in [-0.2, -0.15) is 0 Å². The Morgan fingerprint density at radius 3 is 2.47 bits per heavy atom. The van der Waals surface area contributed by atoms with Gasteiger partial charge < -0.3 is 15.5 Å². The minimum Gasteiger partial charge on any atom is -0.354 e. The summed E-state index contributed by atoms with van der Waals surface area (Å²) in [5, 5.41) is 6.16. The van der Waals surface area contributed by atoms with Crippen molar-refractivity contribution in [3.05, 3.63) is 0 Å². The zero-order chi connectivity index (χ0) is 12.7. The molecule has 0 saturated heterocycles. The quantitative estimate of drug-likeness (QED) is 0.653. The van der Waals surface area contributed by atoms with Crippen LogP contribution in [0.15, 0.2) is 0 Å². The second-order valence-corrected chi connectivity index (χ2v) is 5.31. The fourth-order valence-corrected chi connectivity index (χ4v) is 2.59. The van der Waals surface area contributed by atoms with Gasteiger partial charge in [-0.15, -0.1) is 0 Å². The van der Waals surface area contributed by atoms with Gasteiger partial charge in [0.05, 0.1) is 0 Å². The van der Waals surface area contributed by atoms with E-state index in [2.05, 4.69) is 29.6 Å². The van der Waals surface area contributed by atoms with Gasteiger partial charge in [0, 0.05) is 18.5 Å². The van der Waals surface area contributed by atoms with Crippen LogP contribution in [0, 0.1) is 0 Å². The molecule has 17 heavy (non-hydrogen) atoms. The summed E-state index contributed by atoms with van der Waals surface area (Å²) in [5.41, 5.74) is 0.207. The van der Waals surface area contributed by atoms with E-state index >= 15 is 0 Å². The van der Waals surface area contributed by atoms with Crippen molar-refractivity contribution in [2.75, 3.05) is 34.2 Å². The highest BCUT2D eigenvalue weighted by Gasteiger charge is 2.35. The van der Waals surface area contributed by atoms with Crippen molar-refractivity contribution >= 4 is 5.91 Å². The largest absolute Gasteiger partial charge is 0.354 e. The highest BCUT2D eigenvalue weighted by Crippen LogP contribution is 2.33. The van der Waals surface area contributed by atoms with E-state index in [1.165, 1.54) is 25.7 Å². The lowest BCUT2D eigenvalue weighted by Gasteiger charge is -2.36. The molecular weight excluding hydrogens is 214 g/mol. The minimum atomic E-state index is 0.188. The number of likely N-dealkylation sites (N-methyl/N-ethyl adjacent to an activating group) is 1. The monoisotopic (exact) mass is 241 g/mol. The standard InChI is InChI=1S/C13H27N3O/c1-14-10-6-7-12(17)15-11-13(16(2)3)8-4-5-9-13/h14H,4-11H2,1-3H3,(H,15,17). The smallest absolute Gasteiger partial charge is 0.220 e. The summed E-state index contributed by atoms with van der Waals surface area (Å²) >= 11 is 0. The molecule has 0 bridgehead atoms. The molecule has 0 heterocycles. The number of rotatable bonds is 7. The van der Waals surface area contributed by atoms with Crippen LogP contribution in [0.1, 0.15) is 38.5 Å². The lowest BCUT2D eigenvalue weighted by Crippen LogP contribution is -2.50. The zero-order valence-electron chi connectivity index (χ0n) is 11.5. The predicted molar refractivity (Wildman–Crippen MR) is 71.1 cm³/mol. The maximum atomic E-state index is 11.7. The molecule has 1 aliphatic carbocycles. The van der Waals surface area contributed by atoms with Crippen molar-refractivity contribution in [2.24, 2.45) is 0 Å².